The zero-order valence-corrected chi connectivity index (χ0v) is 15.1. The molecule has 0 radical (unpaired) electrons. The summed E-state index contributed by atoms with van der Waals surface area (Å²) in [5.41, 5.74) is 6.69. The summed E-state index contributed by atoms with van der Waals surface area (Å²) < 4.78 is 0. The van der Waals surface area contributed by atoms with Gasteiger partial charge in [-0.2, -0.15) is 0 Å². The first-order chi connectivity index (χ1) is 10.3. The van der Waals surface area contributed by atoms with Crippen molar-refractivity contribution in [3.63, 3.8) is 0 Å². The van der Waals surface area contributed by atoms with Gasteiger partial charge in [-0.15, -0.1) is 35.3 Å². The molecule has 118 valence electrons. The maximum Gasteiger partial charge on any atom is 0.261 e. The molecule has 0 aliphatic heterocycles. The van der Waals surface area contributed by atoms with Gasteiger partial charge in [0.05, 0.1) is 4.88 Å². The minimum atomic E-state index is -0.0376. The molecule has 0 spiro atoms. The predicted octanol–water partition coefficient (Wildman–Crippen LogP) is 2.91. The average molecular weight is 430 g/mol. The topological polar surface area (TPSA) is 79.5 Å². The Morgan fingerprint density at radius 3 is 2.64 bits per heavy atom. The fourth-order valence-electron chi connectivity index (χ4n) is 1.68. The number of rotatable bonds is 6. The lowest BCUT2D eigenvalue weighted by Gasteiger charge is -2.05. The van der Waals surface area contributed by atoms with Crippen LogP contribution < -0.4 is 16.4 Å². The van der Waals surface area contributed by atoms with E-state index in [2.05, 4.69) is 15.6 Å². The Bertz CT molecular complexity index is 587. The fourth-order valence-corrected chi connectivity index (χ4v) is 2.32. The molecule has 1 aromatic heterocycles. The highest BCUT2D eigenvalue weighted by atomic mass is 127. The number of hydrogen-bond acceptors (Lipinski definition) is 3. The van der Waals surface area contributed by atoms with Gasteiger partial charge in [0.2, 0.25) is 0 Å². The van der Waals surface area contributed by atoms with Crippen molar-refractivity contribution in [2.75, 3.05) is 18.4 Å². The molecule has 0 aliphatic rings. The summed E-state index contributed by atoms with van der Waals surface area (Å²) in [7, 11) is 0. The number of nitrogens with two attached hydrogens (primary N) is 1. The highest BCUT2D eigenvalue weighted by Gasteiger charge is 2.04. The van der Waals surface area contributed by atoms with Crippen LogP contribution >= 0.6 is 35.3 Å². The van der Waals surface area contributed by atoms with Crippen molar-refractivity contribution in [3.8, 4) is 0 Å². The first-order valence-electron chi connectivity index (χ1n) is 6.69. The van der Waals surface area contributed by atoms with Crippen LogP contribution in [0.15, 0.2) is 52.8 Å². The summed E-state index contributed by atoms with van der Waals surface area (Å²) in [4.78, 5) is 16.6. The number of hydrogen-bond donors (Lipinski definition) is 3. The number of nitrogens with one attached hydrogen (secondary N) is 2. The molecule has 5 nitrogen and oxygen atoms in total. The van der Waals surface area contributed by atoms with E-state index < -0.39 is 0 Å². The number of carbonyl (C=O) groups excluding carboxylic acids is 1. The molecule has 1 amide bonds. The summed E-state index contributed by atoms with van der Waals surface area (Å²) in [6, 6.07) is 13.3. The predicted molar refractivity (Wildman–Crippen MR) is 103 cm³/mol. The molecule has 0 saturated carbocycles. The molecule has 0 saturated heterocycles. The van der Waals surface area contributed by atoms with E-state index >= 15 is 0 Å². The normalized spacial score (nSPS) is 10.6. The molecule has 2 rings (SSSR count). The van der Waals surface area contributed by atoms with E-state index in [1.807, 2.05) is 41.8 Å². The average Bonchev–Trinajstić information content (AvgIpc) is 3.02. The van der Waals surface area contributed by atoms with Gasteiger partial charge < -0.3 is 16.4 Å². The SMILES string of the molecule is I.NC(=NCCCNC(=O)c1cccs1)Nc1ccccc1. The molecule has 4 N–H and O–H groups in total. The lowest BCUT2D eigenvalue weighted by atomic mass is 10.3. The third-order valence-electron chi connectivity index (χ3n) is 2.69. The van der Waals surface area contributed by atoms with Crippen LogP contribution in [-0.4, -0.2) is 25.0 Å². The molecule has 1 heterocycles. The summed E-state index contributed by atoms with van der Waals surface area (Å²) in [5.74, 6) is 0.343. The molecule has 7 heteroatoms. The smallest absolute Gasteiger partial charge is 0.261 e. The minimum Gasteiger partial charge on any atom is -0.370 e. The number of amides is 1. The number of carbonyl (C=O) groups is 1. The van der Waals surface area contributed by atoms with Gasteiger partial charge in [0, 0.05) is 18.8 Å². The Hall–Kier alpha value is -1.61. The second kappa shape index (κ2) is 10.2. The van der Waals surface area contributed by atoms with E-state index in [-0.39, 0.29) is 29.9 Å². The largest absolute Gasteiger partial charge is 0.370 e. The lowest BCUT2D eigenvalue weighted by molar-refractivity contribution is 0.0957. The number of guanidine groups is 1. The Kier molecular flexibility index (Phi) is 8.53. The number of para-hydroxylation sites is 1. The Labute approximate surface area is 151 Å². The minimum absolute atomic E-state index is 0. The quantitative estimate of drug-likeness (QED) is 0.286. The van der Waals surface area contributed by atoms with Crippen LogP contribution in [0.3, 0.4) is 0 Å². The van der Waals surface area contributed by atoms with Crippen LogP contribution in [0.4, 0.5) is 5.69 Å². The first kappa shape index (κ1) is 18.4. The molecule has 0 aliphatic carbocycles. The second-order valence-electron chi connectivity index (χ2n) is 4.34. The van der Waals surface area contributed by atoms with Gasteiger partial charge in [-0.3, -0.25) is 9.79 Å². The van der Waals surface area contributed by atoms with Crippen LogP contribution in [0.5, 0.6) is 0 Å². The highest BCUT2D eigenvalue weighted by Crippen LogP contribution is 2.07. The van der Waals surface area contributed by atoms with Crippen molar-refractivity contribution in [2.45, 2.75) is 6.42 Å². The Morgan fingerprint density at radius 2 is 1.95 bits per heavy atom. The van der Waals surface area contributed by atoms with Gasteiger partial charge in [-0.25, -0.2) is 0 Å². The van der Waals surface area contributed by atoms with E-state index in [0.717, 1.165) is 17.0 Å². The van der Waals surface area contributed by atoms with E-state index in [9.17, 15) is 4.79 Å². The third-order valence-corrected chi connectivity index (χ3v) is 3.56. The molecule has 0 atom stereocenters. The van der Waals surface area contributed by atoms with Crippen LogP contribution in [0.25, 0.3) is 0 Å². The number of aliphatic imine (C=N–C) groups is 1. The summed E-state index contributed by atoms with van der Waals surface area (Å²) in [5, 5.41) is 7.74. The first-order valence-corrected chi connectivity index (χ1v) is 7.57. The monoisotopic (exact) mass is 430 g/mol. The summed E-state index contributed by atoms with van der Waals surface area (Å²) in [6.45, 7) is 1.15. The van der Waals surface area contributed by atoms with Crippen molar-refractivity contribution in [2.24, 2.45) is 10.7 Å². The second-order valence-corrected chi connectivity index (χ2v) is 5.29. The van der Waals surface area contributed by atoms with Crippen molar-refractivity contribution in [3.05, 3.63) is 52.7 Å². The van der Waals surface area contributed by atoms with E-state index in [0.29, 0.717) is 19.0 Å². The van der Waals surface area contributed by atoms with Gasteiger partial charge in [-0.05, 0) is 30.0 Å². The van der Waals surface area contributed by atoms with E-state index in [1.54, 1.807) is 6.07 Å². The standard InChI is InChI=1S/C15H18N4OS.HI/c16-15(19-12-6-2-1-3-7-12)18-10-5-9-17-14(20)13-8-4-11-21-13;/h1-4,6-8,11H,5,9-10H2,(H,17,20)(H3,16,18,19);1H. The molecule has 2 aromatic rings. The molecular formula is C15H19IN4OS. The van der Waals surface area contributed by atoms with Crippen molar-refractivity contribution >= 4 is 52.9 Å². The number of anilines is 1. The van der Waals surface area contributed by atoms with Crippen molar-refractivity contribution in [1.82, 2.24) is 5.32 Å². The highest BCUT2D eigenvalue weighted by molar-refractivity contribution is 14.0. The number of nitrogens with zero attached hydrogens (tertiary/aromatic N) is 1. The van der Waals surface area contributed by atoms with Crippen molar-refractivity contribution in [1.29, 1.82) is 0 Å². The lowest BCUT2D eigenvalue weighted by Crippen LogP contribution is -2.25. The van der Waals surface area contributed by atoms with E-state index in [1.165, 1.54) is 11.3 Å². The Balaban J connectivity index is 0.00000242. The molecular weight excluding hydrogens is 411 g/mol. The van der Waals surface area contributed by atoms with Gasteiger partial charge in [0.25, 0.3) is 5.91 Å². The zero-order valence-electron chi connectivity index (χ0n) is 12.0. The van der Waals surface area contributed by atoms with Crippen molar-refractivity contribution < 1.29 is 4.79 Å². The molecule has 22 heavy (non-hydrogen) atoms. The van der Waals surface area contributed by atoms with Gasteiger partial charge >= 0.3 is 0 Å². The number of halogens is 1. The number of benzene rings is 1. The fraction of sp³-hybridized carbons (Fsp3) is 0.200. The van der Waals surface area contributed by atoms with Gasteiger partial charge in [0.15, 0.2) is 5.96 Å². The third kappa shape index (κ3) is 6.44. The maximum absolute atomic E-state index is 11.7. The maximum atomic E-state index is 11.7. The molecule has 0 fully saturated rings. The zero-order chi connectivity index (χ0) is 14.9. The van der Waals surface area contributed by atoms with Gasteiger partial charge in [-0.1, -0.05) is 24.3 Å². The van der Waals surface area contributed by atoms with Crippen LogP contribution in [0.2, 0.25) is 0 Å². The van der Waals surface area contributed by atoms with Gasteiger partial charge in [0.1, 0.15) is 0 Å². The molecule has 0 unspecified atom stereocenters. The number of thiophene rings is 1. The Morgan fingerprint density at radius 1 is 1.18 bits per heavy atom. The van der Waals surface area contributed by atoms with Crippen LogP contribution in [0.1, 0.15) is 16.1 Å². The van der Waals surface area contributed by atoms with E-state index in [4.69, 9.17) is 5.73 Å². The van der Waals surface area contributed by atoms with Crippen LogP contribution in [0, 0.1) is 0 Å². The molecule has 1 aromatic carbocycles. The summed E-state index contributed by atoms with van der Waals surface area (Å²) >= 11 is 1.43. The van der Waals surface area contributed by atoms with Crippen LogP contribution in [-0.2, 0) is 0 Å². The molecule has 0 bridgehead atoms. The summed E-state index contributed by atoms with van der Waals surface area (Å²) in [6.07, 6.45) is 0.744.